The van der Waals surface area contributed by atoms with Gasteiger partial charge in [-0.2, -0.15) is 0 Å². The first-order chi connectivity index (χ1) is 10.2. The number of nitrogens with zero attached hydrogens (tertiary/aromatic N) is 1. The molecule has 2 unspecified atom stereocenters. The summed E-state index contributed by atoms with van der Waals surface area (Å²) in [6.07, 6.45) is 13.0. The summed E-state index contributed by atoms with van der Waals surface area (Å²) in [4.78, 5) is 2.84. The van der Waals surface area contributed by atoms with Crippen molar-refractivity contribution in [1.29, 1.82) is 0 Å². The molecule has 0 spiro atoms. The largest absolute Gasteiger partial charge is 0.312 e. The minimum Gasteiger partial charge on any atom is -0.312 e. The first kappa shape index (κ1) is 15.8. The number of likely N-dealkylation sites (tertiary alicyclic amines) is 1. The molecule has 3 fully saturated rings. The van der Waals surface area contributed by atoms with Gasteiger partial charge in [0.15, 0.2) is 0 Å². The molecule has 2 aliphatic carbocycles. The summed E-state index contributed by atoms with van der Waals surface area (Å²) in [5, 5.41) is 3.95. The van der Waals surface area contributed by atoms with E-state index in [-0.39, 0.29) is 0 Å². The first-order valence-corrected chi connectivity index (χ1v) is 9.72. The molecule has 0 bridgehead atoms. The summed E-state index contributed by atoms with van der Waals surface area (Å²) < 4.78 is 0. The number of rotatable bonds is 6. The van der Waals surface area contributed by atoms with E-state index in [0.717, 1.165) is 29.8 Å². The van der Waals surface area contributed by atoms with E-state index in [1.165, 1.54) is 77.4 Å². The monoisotopic (exact) mass is 292 g/mol. The lowest BCUT2D eigenvalue weighted by Crippen LogP contribution is -2.56. The number of hydrogen-bond donors (Lipinski definition) is 1. The van der Waals surface area contributed by atoms with Crippen LogP contribution < -0.4 is 5.32 Å². The van der Waals surface area contributed by atoms with Crippen molar-refractivity contribution in [3.8, 4) is 0 Å². The third-order valence-electron chi connectivity index (χ3n) is 6.30. The molecular weight excluding hydrogens is 256 g/mol. The average Bonchev–Trinajstić information content (AvgIpc) is 2.95. The molecule has 0 aromatic rings. The molecule has 122 valence electrons. The van der Waals surface area contributed by atoms with Crippen LogP contribution in [0.4, 0.5) is 0 Å². The maximum absolute atomic E-state index is 3.95. The predicted octanol–water partition coefficient (Wildman–Crippen LogP) is 4.06. The minimum absolute atomic E-state index is 0.770. The molecule has 2 heteroatoms. The number of hydrogen-bond acceptors (Lipinski definition) is 2. The highest BCUT2D eigenvalue weighted by molar-refractivity contribution is 4.92. The Kier molecular flexibility index (Phi) is 5.61. The lowest BCUT2D eigenvalue weighted by Gasteiger charge is -2.48. The maximum atomic E-state index is 3.95. The van der Waals surface area contributed by atoms with Crippen LogP contribution in [0.15, 0.2) is 0 Å². The molecule has 0 amide bonds. The minimum atomic E-state index is 0.770. The van der Waals surface area contributed by atoms with Crippen LogP contribution in [0.3, 0.4) is 0 Å². The molecule has 0 aromatic carbocycles. The zero-order chi connectivity index (χ0) is 14.7. The third-order valence-corrected chi connectivity index (χ3v) is 6.30. The van der Waals surface area contributed by atoms with Crippen molar-refractivity contribution in [2.24, 2.45) is 17.8 Å². The highest BCUT2D eigenvalue weighted by atomic mass is 15.2. The van der Waals surface area contributed by atoms with Gasteiger partial charge in [0.25, 0.3) is 0 Å². The van der Waals surface area contributed by atoms with Crippen LogP contribution in [0, 0.1) is 17.8 Å². The van der Waals surface area contributed by atoms with Crippen molar-refractivity contribution >= 4 is 0 Å². The topological polar surface area (TPSA) is 15.3 Å². The molecular formula is C19H36N2. The quantitative estimate of drug-likeness (QED) is 0.794. The van der Waals surface area contributed by atoms with Gasteiger partial charge in [0, 0.05) is 25.2 Å². The zero-order valence-corrected chi connectivity index (χ0v) is 14.3. The highest BCUT2D eigenvalue weighted by Gasteiger charge is 2.36. The molecule has 1 aliphatic heterocycles. The highest BCUT2D eigenvalue weighted by Crippen LogP contribution is 2.34. The van der Waals surface area contributed by atoms with Crippen LogP contribution in [0.5, 0.6) is 0 Å². The second kappa shape index (κ2) is 7.46. The fraction of sp³-hybridized carbons (Fsp3) is 1.00. The third kappa shape index (κ3) is 4.22. The van der Waals surface area contributed by atoms with E-state index in [4.69, 9.17) is 0 Å². The second-order valence-electron chi connectivity index (χ2n) is 8.33. The van der Waals surface area contributed by atoms with Gasteiger partial charge in [0.1, 0.15) is 0 Å². The van der Waals surface area contributed by atoms with E-state index in [1.807, 2.05) is 0 Å². The van der Waals surface area contributed by atoms with E-state index < -0.39 is 0 Å². The van der Waals surface area contributed by atoms with Crippen LogP contribution in [0.2, 0.25) is 0 Å². The zero-order valence-electron chi connectivity index (χ0n) is 14.3. The average molecular weight is 293 g/mol. The molecule has 21 heavy (non-hydrogen) atoms. The second-order valence-corrected chi connectivity index (χ2v) is 8.33. The smallest absolute Gasteiger partial charge is 0.0198 e. The van der Waals surface area contributed by atoms with Crippen LogP contribution in [-0.4, -0.2) is 36.6 Å². The lowest BCUT2D eigenvalue weighted by atomic mass is 9.78. The molecule has 2 nitrogen and oxygen atoms in total. The Hall–Kier alpha value is -0.0800. The van der Waals surface area contributed by atoms with Crippen molar-refractivity contribution in [1.82, 2.24) is 10.2 Å². The van der Waals surface area contributed by atoms with Gasteiger partial charge in [-0.05, 0) is 62.8 Å². The SMILES string of the molecule is CCCC1CC(NCC2CCCC2)CN(C2CC(C)C2)C1. The van der Waals surface area contributed by atoms with Crippen LogP contribution in [0.25, 0.3) is 0 Å². The molecule has 0 radical (unpaired) electrons. The molecule has 1 heterocycles. The van der Waals surface area contributed by atoms with Gasteiger partial charge < -0.3 is 5.32 Å². The summed E-state index contributed by atoms with van der Waals surface area (Å²) in [7, 11) is 0. The van der Waals surface area contributed by atoms with Gasteiger partial charge in [-0.3, -0.25) is 4.90 Å². The summed E-state index contributed by atoms with van der Waals surface area (Å²) in [6.45, 7) is 8.76. The van der Waals surface area contributed by atoms with E-state index in [1.54, 1.807) is 0 Å². The number of piperidine rings is 1. The molecule has 1 N–H and O–H groups in total. The van der Waals surface area contributed by atoms with Gasteiger partial charge in [0.05, 0.1) is 0 Å². The summed E-state index contributed by atoms with van der Waals surface area (Å²) in [6, 6.07) is 1.68. The lowest BCUT2D eigenvalue weighted by molar-refractivity contribution is 0.0312. The van der Waals surface area contributed by atoms with Crippen molar-refractivity contribution < 1.29 is 0 Å². The Balaban J connectivity index is 1.49. The molecule has 3 rings (SSSR count). The summed E-state index contributed by atoms with van der Waals surface area (Å²) in [5.74, 6) is 2.90. The van der Waals surface area contributed by atoms with Gasteiger partial charge >= 0.3 is 0 Å². The Morgan fingerprint density at radius 1 is 1.00 bits per heavy atom. The van der Waals surface area contributed by atoms with E-state index in [9.17, 15) is 0 Å². The Labute approximate surface area is 132 Å². The van der Waals surface area contributed by atoms with Crippen molar-refractivity contribution in [2.75, 3.05) is 19.6 Å². The van der Waals surface area contributed by atoms with Gasteiger partial charge in [-0.1, -0.05) is 33.1 Å². The summed E-state index contributed by atoms with van der Waals surface area (Å²) in [5.41, 5.74) is 0. The van der Waals surface area contributed by atoms with Crippen molar-refractivity contribution in [3.63, 3.8) is 0 Å². The van der Waals surface area contributed by atoms with E-state index in [0.29, 0.717) is 0 Å². The number of nitrogens with one attached hydrogen (secondary N) is 1. The molecule has 3 aliphatic rings. The molecule has 2 atom stereocenters. The van der Waals surface area contributed by atoms with Gasteiger partial charge in [0.2, 0.25) is 0 Å². The molecule has 0 aromatic heterocycles. The normalized spacial score (nSPS) is 38.6. The Morgan fingerprint density at radius 2 is 1.76 bits per heavy atom. The van der Waals surface area contributed by atoms with Gasteiger partial charge in [-0.15, -0.1) is 0 Å². The summed E-state index contributed by atoms with van der Waals surface area (Å²) >= 11 is 0. The fourth-order valence-corrected chi connectivity index (χ4v) is 5.01. The van der Waals surface area contributed by atoms with Crippen LogP contribution in [-0.2, 0) is 0 Å². The van der Waals surface area contributed by atoms with Crippen molar-refractivity contribution in [3.05, 3.63) is 0 Å². The van der Waals surface area contributed by atoms with E-state index in [2.05, 4.69) is 24.1 Å². The maximum Gasteiger partial charge on any atom is 0.0198 e. The fourth-order valence-electron chi connectivity index (χ4n) is 5.01. The van der Waals surface area contributed by atoms with Gasteiger partial charge in [-0.25, -0.2) is 0 Å². The molecule has 1 saturated heterocycles. The van der Waals surface area contributed by atoms with Crippen LogP contribution >= 0.6 is 0 Å². The first-order valence-electron chi connectivity index (χ1n) is 9.72. The Morgan fingerprint density at radius 3 is 2.43 bits per heavy atom. The van der Waals surface area contributed by atoms with Crippen molar-refractivity contribution in [2.45, 2.75) is 83.7 Å². The van der Waals surface area contributed by atoms with Crippen LogP contribution in [0.1, 0.15) is 71.6 Å². The van der Waals surface area contributed by atoms with E-state index >= 15 is 0 Å². The Bertz CT molecular complexity index is 305. The standard InChI is InChI=1S/C19H36N2/c1-3-6-17-11-18(20-12-16-7-4-5-8-16)14-21(13-17)19-9-15(2)10-19/h15-20H,3-14H2,1-2H3. The molecule has 2 saturated carbocycles. The predicted molar refractivity (Wildman–Crippen MR) is 90.5 cm³/mol.